The van der Waals surface area contributed by atoms with Gasteiger partial charge in [0.15, 0.2) is 0 Å². The Hall–Kier alpha value is -1.40. The van der Waals surface area contributed by atoms with Crippen molar-refractivity contribution in [3.05, 3.63) is 0 Å². The van der Waals surface area contributed by atoms with E-state index in [-0.39, 0.29) is 0 Å². The van der Waals surface area contributed by atoms with Crippen LogP contribution in [0.2, 0.25) is 0 Å². The molecule has 35 fully saturated rings. The highest BCUT2D eigenvalue weighted by Gasteiger charge is 2.24. The first kappa shape index (κ1) is 131. The molecule has 35 heterocycles. The first-order valence-corrected chi connectivity index (χ1v) is 50.3. The lowest BCUT2D eigenvalue weighted by Gasteiger charge is -1.51. The summed E-state index contributed by atoms with van der Waals surface area (Å²) in [6, 6.07) is 0. The molecule has 0 aromatic heterocycles. The third-order valence-electron chi connectivity index (χ3n) is 15.7. The van der Waals surface area contributed by atoms with Gasteiger partial charge in [-0.1, -0.05) is 0 Å². The van der Waals surface area contributed by atoms with Crippen LogP contribution < -0.4 is 0 Å². The van der Waals surface area contributed by atoms with Crippen LogP contribution in [0.5, 0.6) is 0 Å². The molecule has 0 aromatic carbocycles. The van der Waals surface area contributed by atoms with Gasteiger partial charge in [-0.2, -0.15) is 0 Å². The summed E-state index contributed by atoms with van der Waals surface area (Å²) in [7, 11) is 0. The first-order valence-electron chi connectivity index (χ1n) is 50.3. The van der Waals surface area contributed by atoms with Crippen LogP contribution in [0, 0.1) is 0 Å². The predicted octanol–water partition coefficient (Wildman–Crippen LogP) is 11.8. The monoisotopic (exact) mass is 1950 g/mol. The van der Waals surface area contributed by atoms with Gasteiger partial charge in [0.1, 0.15) is 0 Å². The molecular weight excluding hydrogens is 1750 g/mol. The molecule has 804 valence electrons. The molecule has 35 rings (SSSR count). The fourth-order valence-electron chi connectivity index (χ4n) is 2.79. The van der Waals surface area contributed by atoms with Gasteiger partial charge in [-0.3, -0.25) is 0 Å². The molecule has 0 spiro atoms. The Morgan fingerprint density at radius 2 is 0.0896 bits per heavy atom. The van der Waals surface area contributed by atoms with Gasteiger partial charge in [0.05, 0.1) is 448 Å². The lowest BCUT2D eigenvalue weighted by Crippen LogP contribution is -1.60. The SMILES string of the molecule is C1CO1.C1CO1.C1CO1.C1CO1.C1CO1.C1CO1.CC1CO1.CC1CO1.CC1CO1.CC1CO1.CC1CO1.CC1CO1.CC1CO1.CC1CO1.CC1CO1.CC1CO1.CC1CO1.CC1CO1.CC1CO1.CC1CO1.CC1CO1.CC1CO1.CC1CO1.CC1CO1.CC1CO1.CC1CO1.CC1CO1.CC1CO1.CC1CO1.CC1CO1.CC1CO1.CC1CO1.CC1CO1.CC1CO1.CC1CO1. The summed E-state index contributed by atoms with van der Waals surface area (Å²) < 4.78 is 164. The van der Waals surface area contributed by atoms with Crippen LogP contribution in [0.4, 0.5) is 0 Å². The number of hydrogen-bond donors (Lipinski definition) is 0. The molecule has 0 saturated carbocycles. The van der Waals surface area contributed by atoms with Crippen LogP contribution in [-0.4, -0.2) is 448 Å². The minimum atomic E-state index is 0.583. The van der Waals surface area contributed by atoms with Gasteiger partial charge < -0.3 is 166 Å². The van der Waals surface area contributed by atoms with E-state index >= 15 is 0 Å². The van der Waals surface area contributed by atoms with Crippen molar-refractivity contribution in [3.63, 3.8) is 0 Å². The molecule has 0 amide bonds. The van der Waals surface area contributed by atoms with Gasteiger partial charge in [-0.15, -0.1) is 0 Å². The van der Waals surface area contributed by atoms with Crippen molar-refractivity contribution in [2.75, 3.05) is 271 Å². The second-order valence-corrected chi connectivity index (χ2v) is 36.8. The highest BCUT2D eigenvalue weighted by Crippen LogP contribution is 2.15. The van der Waals surface area contributed by atoms with Gasteiger partial charge in [-0.25, -0.2) is 0 Å². The summed E-state index contributed by atoms with van der Waals surface area (Å²) >= 11 is 0. The summed E-state index contributed by atoms with van der Waals surface area (Å²) in [4.78, 5) is 0. The van der Waals surface area contributed by atoms with Gasteiger partial charge in [0.25, 0.3) is 0 Å². The average Bonchev–Trinajstić information content (AvgIpc) is 1.96. The lowest BCUT2D eigenvalue weighted by molar-refractivity contribution is 0.423. The molecule has 35 aliphatic rings. The Balaban J connectivity index is 0.000000690. The van der Waals surface area contributed by atoms with E-state index in [1.54, 1.807) is 0 Å². The lowest BCUT2D eigenvalue weighted by atomic mass is 10.6. The van der Waals surface area contributed by atoms with E-state index in [1.807, 2.05) is 0 Å². The van der Waals surface area contributed by atoms with E-state index in [4.69, 9.17) is 137 Å². The summed E-state index contributed by atoms with van der Waals surface area (Å²) in [6.07, 6.45) is 16.9. The molecule has 35 saturated heterocycles. The van der Waals surface area contributed by atoms with E-state index in [9.17, 15) is 0 Å². The van der Waals surface area contributed by atoms with Crippen molar-refractivity contribution in [1.82, 2.24) is 0 Å². The predicted molar refractivity (Wildman–Crippen MR) is 512 cm³/mol. The van der Waals surface area contributed by atoms with Crippen LogP contribution in [0.1, 0.15) is 201 Å². The van der Waals surface area contributed by atoms with E-state index in [0.29, 0.717) is 177 Å². The van der Waals surface area contributed by atoms with E-state index in [2.05, 4.69) is 229 Å². The molecule has 0 aliphatic carbocycles. The minimum Gasteiger partial charge on any atom is -0.377 e. The smallest absolute Gasteiger partial charge is 0.0781 e. The molecule has 29 atom stereocenters. The molecule has 0 bridgehead atoms. The second kappa shape index (κ2) is 86.0. The normalized spacial score (nSPS) is 37.6. The maximum atomic E-state index is 4.71. The molecular formula is C99H198O35. The molecule has 134 heavy (non-hydrogen) atoms. The molecule has 0 aromatic rings. The molecule has 35 aliphatic heterocycles. The van der Waals surface area contributed by atoms with Crippen LogP contribution in [0.3, 0.4) is 0 Å². The zero-order valence-corrected chi connectivity index (χ0v) is 89.0. The highest BCUT2D eigenvalue weighted by molar-refractivity contribution is 4.69. The summed E-state index contributed by atoms with van der Waals surface area (Å²) in [5, 5.41) is 0. The van der Waals surface area contributed by atoms with Gasteiger partial charge in [0, 0.05) is 0 Å². The molecule has 35 nitrogen and oxygen atoms in total. The standard InChI is InChI=1S/29C3H6O.6C2H4O/c29*1-3-2-4-3;6*1-2-3-1/h29*3H,2H2,1H3;6*1-2H2. The van der Waals surface area contributed by atoms with E-state index in [1.165, 1.54) is 0 Å². The Morgan fingerprint density at radius 1 is 0.0746 bits per heavy atom. The third kappa shape index (κ3) is 261. The summed E-state index contributed by atoms with van der Waals surface area (Å²) in [5.74, 6) is 0. The zero-order valence-electron chi connectivity index (χ0n) is 89.0. The fourth-order valence-corrected chi connectivity index (χ4v) is 2.79. The van der Waals surface area contributed by atoms with Crippen LogP contribution in [-0.2, 0) is 166 Å². The average molecular weight is 1950 g/mol. The Morgan fingerprint density at radius 3 is 0.0896 bits per heavy atom. The Bertz CT molecular complexity index is 1610. The maximum Gasteiger partial charge on any atom is 0.0781 e. The van der Waals surface area contributed by atoms with Crippen molar-refractivity contribution in [2.24, 2.45) is 0 Å². The summed E-state index contributed by atoms with van der Waals surface area (Å²) in [6.45, 7) is 100. The van der Waals surface area contributed by atoms with E-state index in [0.717, 1.165) is 271 Å². The van der Waals surface area contributed by atoms with E-state index < -0.39 is 0 Å². The second-order valence-electron chi connectivity index (χ2n) is 36.8. The maximum absolute atomic E-state index is 4.71. The zero-order chi connectivity index (χ0) is 99.5. The Kier molecular flexibility index (Phi) is 83.8. The molecule has 29 unspecified atom stereocenters. The molecule has 0 radical (unpaired) electrons. The summed E-state index contributed by atoms with van der Waals surface area (Å²) in [5.41, 5.74) is 0. The van der Waals surface area contributed by atoms with Gasteiger partial charge >= 0.3 is 0 Å². The number of hydrogen-bond acceptors (Lipinski definition) is 35. The number of rotatable bonds is 0. The number of epoxide rings is 35. The minimum absolute atomic E-state index is 0.583. The van der Waals surface area contributed by atoms with Crippen molar-refractivity contribution in [2.45, 2.75) is 378 Å². The van der Waals surface area contributed by atoms with Crippen LogP contribution >= 0.6 is 0 Å². The van der Waals surface area contributed by atoms with Gasteiger partial charge in [0.2, 0.25) is 0 Å². The topological polar surface area (TPSA) is 439 Å². The Labute approximate surface area is 810 Å². The first-order chi connectivity index (χ1) is 63.9. The highest BCUT2D eigenvalue weighted by atomic mass is 16.7. The van der Waals surface area contributed by atoms with Crippen LogP contribution in [0.25, 0.3) is 0 Å². The largest absolute Gasteiger partial charge is 0.377 e. The van der Waals surface area contributed by atoms with Crippen LogP contribution in [0.15, 0.2) is 0 Å². The third-order valence-corrected chi connectivity index (χ3v) is 15.7. The molecule has 35 heteroatoms. The van der Waals surface area contributed by atoms with Crippen molar-refractivity contribution < 1.29 is 166 Å². The van der Waals surface area contributed by atoms with Crippen molar-refractivity contribution in [3.8, 4) is 0 Å². The van der Waals surface area contributed by atoms with Gasteiger partial charge in [-0.05, 0) is 201 Å². The fraction of sp³-hybridized carbons (Fsp3) is 1.00. The molecule has 0 N–H and O–H groups in total. The number of ether oxygens (including phenoxy) is 35. The van der Waals surface area contributed by atoms with Crippen molar-refractivity contribution in [1.29, 1.82) is 0 Å². The van der Waals surface area contributed by atoms with Crippen molar-refractivity contribution >= 4 is 0 Å². The quantitative estimate of drug-likeness (QED) is 0.203.